The molecular formula is C17H14BrClN2OS. The van der Waals surface area contributed by atoms with Gasteiger partial charge in [0, 0.05) is 15.2 Å². The molecule has 2 aromatic rings. The maximum atomic E-state index is 12.1. The van der Waals surface area contributed by atoms with E-state index in [2.05, 4.69) is 26.6 Å². The molecule has 0 saturated carbocycles. The summed E-state index contributed by atoms with van der Waals surface area (Å²) < 4.78 is 0.988. The van der Waals surface area contributed by atoms with Crippen molar-refractivity contribution in [3.63, 3.8) is 0 Å². The molecule has 23 heavy (non-hydrogen) atoms. The number of amides is 1. The van der Waals surface area contributed by atoms with Gasteiger partial charge in [0.1, 0.15) is 0 Å². The molecule has 1 aliphatic rings. The third kappa shape index (κ3) is 4.10. The third-order valence-electron chi connectivity index (χ3n) is 3.35. The second-order valence-corrected chi connectivity index (χ2v) is 7.64. The molecule has 6 heteroatoms. The molecule has 1 unspecified atom stereocenters. The molecule has 0 spiro atoms. The first kappa shape index (κ1) is 16.4. The maximum Gasteiger partial charge on any atom is 0.260 e. The van der Waals surface area contributed by atoms with Gasteiger partial charge < -0.3 is 10.6 Å². The Balaban J connectivity index is 1.74. The highest BCUT2D eigenvalue weighted by atomic mass is 79.9. The Morgan fingerprint density at radius 3 is 2.87 bits per heavy atom. The average molecular weight is 410 g/mol. The van der Waals surface area contributed by atoms with Crippen molar-refractivity contribution in [1.29, 1.82) is 0 Å². The Labute approximate surface area is 152 Å². The lowest BCUT2D eigenvalue weighted by molar-refractivity contribution is -0.116. The van der Waals surface area contributed by atoms with Crippen LogP contribution in [0.25, 0.3) is 6.08 Å². The molecule has 1 aliphatic heterocycles. The van der Waals surface area contributed by atoms with Gasteiger partial charge in [-0.05, 0) is 54.5 Å². The number of hydrogen-bond acceptors (Lipinski definition) is 3. The van der Waals surface area contributed by atoms with Crippen LogP contribution in [-0.4, -0.2) is 11.4 Å². The molecule has 3 nitrogen and oxygen atoms in total. The first-order valence-corrected chi connectivity index (χ1v) is 9.04. The number of halogens is 2. The number of hydrogen-bond donors (Lipinski definition) is 2. The van der Waals surface area contributed by atoms with E-state index in [0.29, 0.717) is 9.93 Å². The van der Waals surface area contributed by atoms with Crippen LogP contribution in [0, 0.1) is 6.92 Å². The van der Waals surface area contributed by atoms with Crippen LogP contribution >= 0.6 is 39.3 Å². The summed E-state index contributed by atoms with van der Waals surface area (Å²) in [5.41, 5.74) is 2.79. The van der Waals surface area contributed by atoms with Crippen LogP contribution in [0.2, 0.25) is 5.02 Å². The first-order valence-electron chi connectivity index (χ1n) is 6.99. The third-order valence-corrected chi connectivity index (χ3v) is 5.11. The molecule has 3 rings (SSSR count). The Morgan fingerprint density at radius 1 is 1.30 bits per heavy atom. The molecule has 0 bridgehead atoms. The maximum absolute atomic E-state index is 12.1. The predicted molar refractivity (Wildman–Crippen MR) is 101 cm³/mol. The summed E-state index contributed by atoms with van der Waals surface area (Å²) in [6.07, 6.45) is 1.89. The molecule has 0 aliphatic carbocycles. The Kier molecular flexibility index (Phi) is 4.99. The van der Waals surface area contributed by atoms with Crippen molar-refractivity contribution in [1.82, 2.24) is 5.32 Å². The van der Waals surface area contributed by atoms with Crippen LogP contribution in [0.3, 0.4) is 0 Å². The summed E-state index contributed by atoms with van der Waals surface area (Å²) in [6.45, 7) is 1.98. The lowest BCUT2D eigenvalue weighted by atomic mass is 10.2. The molecule has 2 N–H and O–H groups in total. The number of anilines is 1. The Morgan fingerprint density at radius 2 is 2.13 bits per heavy atom. The molecule has 1 atom stereocenters. The van der Waals surface area contributed by atoms with Crippen LogP contribution in [-0.2, 0) is 4.79 Å². The fraction of sp³-hybridized carbons (Fsp3) is 0.118. The van der Waals surface area contributed by atoms with Gasteiger partial charge in [0.2, 0.25) is 0 Å². The quantitative estimate of drug-likeness (QED) is 0.700. The Bertz CT molecular complexity index is 794. The molecular weight excluding hydrogens is 396 g/mol. The van der Waals surface area contributed by atoms with Crippen molar-refractivity contribution < 1.29 is 4.79 Å². The van der Waals surface area contributed by atoms with E-state index in [0.717, 1.165) is 21.3 Å². The minimum absolute atomic E-state index is 0.0703. The van der Waals surface area contributed by atoms with Gasteiger partial charge in [-0.3, -0.25) is 4.79 Å². The monoisotopic (exact) mass is 408 g/mol. The molecule has 2 aromatic carbocycles. The van der Waals surface area contributed by atoms with E-state index >= 15 is 0 Å². The molecule has 1 amide bonds. The van der Waals surface area contributed by atoms with Crippen molar-refractivity contribution in [2.75, 3.05) is 5.32 Å². The zero-order valence-corrected chi connectivity index (χ0v) is 15.4. The van der Waals surface area contributed by atoms with E-state index in [4.69, 9.17) is 11.6 Å². The lowest BCUT2D eigenvalue weighted by Crippen LogP contribution is -2.31. The lowest BCUT2D eigenvalue weighted by Gasteiger charge is -2.15. The van der Waals surface area contributed by atoms with Crippen molar-refractivity contribution in [3.8, 4) is 0 Å². The van der Waals surface area contributed by atoms with Crippen LogP contribution in [0.4, 0.5) is 5.69 Å². The van der Waals surface area contributed by atoms with Crippen molar-refractivity contribution in [3.05, 3.63) is 68.0 Å². The summed E-state index contributed by atoms with van der Waals surface area (Å²) in [7, 11) is 0. The Hall–Kier alpha value is -1.43. The van der Waals surface area contributed by atoms with Crippen LogP contribution in [0.5, 0.6) is 0 Å². The number of aryl methyl sites for hydroxylation is 1. The summed E-state index contributed by atoms with van der Waals surface area (Å²) in [6, 6.07) is 13.5. The number of rotatable bonds is 3. The molecule has 1 fully saturated rings. The van der Waals surface area contributed by atoms with Crippen LogP contribution in [0.15, 0.2) is 51.8 Å². The van der Waals surface area contributed by atoms with E-state index in [1.165, 1.54) is 11.8 Å². The molecule has 118 valence electrons. The van der Waals surface area contributed by atoms with Crippen LogP contribution in [0.1, 0.15) is 11.1 Å². The summed E-state index contributed by atoms with van der Waals surface area (Å²) >= 11 is 10.9. The van der Waals surface area contributed by atoms with Crippen LogP contribution < -0.4 is 10.6 Å². The van der Waals surface area contributed by atoms with Crippen molar-refractivity contribution in [2.24, 2.45) is 0 Å². The first-order chi connectivity index (χ1) is 11.0. The van der Waals surface area contributed by atoms with Gasteiger partial charge in [0.25, 0.3) is 5.91 Å². The minimum atomic E-state index is -0.194. The number of carbonyl (C=O) groups is 1. The van der Waals surface area contributed by atoms with E-state index < -0.39 is 0 Å². The molecule has 1 saturated heterocycles. The largest absolute Gasteiger partial charge is 0.356 e. The van der Waals surface area contributed by atoms with Gasteiger partial charge in [-0.15, -0.1) is 0 Å². The summed E-state index contributed by atoms with van der Waals surface area (Å²) in [4.78, 5) is 12.8. The van der Waals surface area contributed by atoms with Crippen molar-refractivity contribution >= 4 is 57.0 Å². The van der Waals surface area contributed by atoms with Gasteiger partial charge in [0.05, 0.1) is 4.91 Å². The fourth-order valence-corrected chi connectivity index (χ4v) is 3.86. The molecule has 0 radical (unpaired) electrons. The number of carbonyl (C=O) groups excluding carboxylic acids is 1. The normalized spacial score (nSPS) is 19.0. The summed E-state index contributed by atoms with van der Waals surface area (Å²) in [5, 5.41) is 6.95. The smallest absolute Gasteiger partial charge is 0.260 e. The van der Waals surface area contributed by atoms with Gasteiger partial charge in [0.15, 0.2) is 5.50 Å². The second kappa shape index (κ2) is 6.99. The van der Waals surface area contributed by atoms with Gasteiger partial charge in [-0.1, -0.05) is 51.4 Å². The summed E-state index contributed by atoms with van der Waals surface area (Å²) in [5.74, 6) is -0.0703. The SMILES string of the molecule is Cc1cc(Cl)ccc1NC1NC(=O)/C(=C/c2cccc(Br)c2)S1. The standard InChI is InChI=1S/C17H14BrClN2OS/c1-10-7-13(19)5-6-14(10)20-17-21-16(22)15(23-17)9-11-3-2-4-12(18)8-11/h2-9,17,20H,1H3,(H,21,22)/b15-9-. The predicted octanol–water partition coefficient (Wildman–Crippen LogP) is 5.01. The van der Waals surface area contributed by atoms with Gasteiger partial charge >= 0.3 is 0 Å². The highest BCUT2D eigenvalue weighted by molar-refractivity contribution is 9.10. The zero-order valence-electron chi connectivity index (χ0n) is 12.3. The topological polar surface area (TPSA) is 41.1 Å². The van der Waals surface area contributed by atoms with E-state index in [1.807, 2.05) is 55.5 Å². The number of thioether (sulfide) groups is 1. The van der Waals surface area contributed by atoms with E-state index in [1.54, 1.807) is 0 Å². The highest BCUT2D eigenvalue weighted by Crippen LogP contribution is 2.31. The van der Waals surface area contributed by atoms with E-state index in [9.17, 15) is 4.79 Å². The number of benzene rings is 2. The highest BCUT2D eigenvalue weighted by Gasteiger charge is 2.27. The van der Waals surface area contributed by atoms with Gasteiger partial charge in [-0.25, -0.2) is 0 Å². The van der Waals surface area contributed by atoms with Crippen molar-refractivity contribution in [2.45, 2.75) is 12.4 Å². The van der Waals surface area contributed by atoms with Gasteiger partial charge in [-0.2, -0.15) is 0 Å². The molecule has 1 heterocycles. The minimum Gasteiger partial charge on any atom is -0.356 e. The fourth-order valence-electron chi connectivity index (χ4n) is 2.24. The second-order valence-electron chi connectivity index (χ2n) is 5.14. The van der Waals surface area contributed by atoms with E-state index in [-0.39, 0.29) is 11.4 Å². The number of nitrogens with one attached hydrogen (secondary N) is 2. The zero-order chi connectivity index (χ0) is 16.4. The average Bonchev–Trinajstić information content (AvgIpc) is 2.82. The molecule has 0 aromatic heterocycles.